The van der Waals surface area contributed by atoms with Crippen molar-refractivity contribution >= 4 is 5.97 Å². The Morgan fingerprint density at radius 1 is 1.31 bits per heavy atom. The molecule has 1 saturated heterocycles. The van der Waals surface area contributed by atoms with E-state index < -0.39 is 5.41 Å². The van der Waals surface area contributed by atoms with Crippen molar-refractivity contribution in [3.8, 4) is 0 Å². The van der Waals surface area contributed by atoms with E-state index in [9.17, 15) is 4.79 Å². The third kappa shape index (κ3) is 1.53. The van der Waals surface area contributed by atoms with E-state index in [1.165, 1.54) is 0 Å². The van der Waals surface area contributed by atoms with Gasteiger partial charge >= 0.3 is 5.97 Å². The maximum atomic E-state index is 12.1. The molecule has 0 bridgehead atoms. The smallest absolute Gasteiger partial charge is 0.317 e. The second kappa shape index (κ2) is 3.93. The lowest BCUT2D eigenvalue weighted by Gasteiger charge is -2.29. The van der Waals surface area contributed by atoms with Gasteiger partial charge in [0, 0.05) is 6.42 Å². The Balaban J connectivity index is 2.49. The molecule has 1 fully saturated rings. The molecule has 2 nitrogen and oxygen atoms in total. The Morgan fingerprint density at radius 2 is 1.94 bits per heavy atom. The van der Waals surface area contributed by atoms with Crippen molar-refractivity contribution < 1.29 is 9.53 Å². The summed E-state index contributed by atoms with van der Waals surface area (Å²) >= 11 is 0. The molecule has 2 rings (SSSR count). The van der Waals surface area contributed by atoms with Gasteiger partial charge in [-0.15, -0.1) is 0 Å². The van der Waals surface area contributed by atoms with Gasteiger partial charge in [-0.2, -0.15) is 0 Å². The number of carbonyl (C=O) groups is 1. The van der Waals surface area contributed by atoms with E-state index in [-0.39, 0.29) is 18.0 Å². The second-order valence-corrected chi connectivity index (χ2v) is 4.91. The summed E-state index contributed by atoms with van der Waals surface area (Å²) in [7, 11) is 0. The number of ether oxygens (including phenoxy) is 1. The van der Waals surface area contributed by atoms with Gasteiger partial charge in [0.1, 0.15) is 6.10 Å². The second-order valence-electron chi connectivity index (χ2n) is 4.91. The van der Waals surface area contributed by atoms with Gasteiger partial charge in [0.15, 0.2) is 0 Å². The number of hydrogen-bond donors (Lipinski definition) is 0. The fraction of sp³-hybridized carbons (Fsp3) is 0.500. The molecular formula is C14H18O2. The van der Waals surface area contributed by atoms with Gasteiger partial charge in [-0.25, -0.2) is 0 Å². The normalized spacial score (nSPS) is 29.5. The molecule has 2 heteroatoms. The van der Waals surface area contributed by atoms with E-state index >= 15 is 0 Å². The van der Waals surface area contributed by atoms with Gasteiger partial charge in [0.2, 0.25) is 0 Å². The summed E-state index contributed by atoms with van der Waals surface area (Å²) in [6.45, 7) is 6.14. The monoisotopic (exact) mass is 218 g/mol. The molecule has 1 aromatic rings. The van der Waals surface area contributed by atoms with Crippen LogP contribution in [0.3, 0.4) is 0 Å². The summed E-state index contributed by atoms with van der Waals surface area (Å²) in [5, 5.41) is 0. The number of cyclic esters (lactones) is 1. The molecule has 86 valence electrons. The summed E-state index contributed by atoms with van der Waals surface area (Å²) in [5.74, 6) is 0.188. The first-order chi connectivity index (χ1) is 7.57. The third-order valence-corrected chi connectivity index (χ3v) is 3.56. The molecule has 0 unspecified atom stereocenters. The van der Waals surface area contributed by atoms with Crippen LogP contribution in [-0.2, 0) is 14.9 Å². The van der Waals surface area contributed by atoms with Crippen LogP contribution in [0, 0.1) is 5.92 Å². The Hall–Kier alpha value is -1.31. The largest absolute Gasteiger partial charge is 0.462 e. The zero-order valence-electron chi connectivity index (χ0n) is 10.1. The van der Waals surface area contributed by atoms with Gasteiger partial charge in [-0.05, 0) is 18.4 Å². The highest BCUT2D eigenvalue weighted by molar-refractivity contribution is 5.85. The van der Waals surface area contributed by atoms with Crippen LogP contribution in [0.1, 0.15) is 32.8 Å². The van der Waals surface area contributed by atoms with Crippen LogP contribution in [0.4, 0.5) is 0 Å². The van der Waals surface area contributed by atoms with Gasteiger partial charge in [0.05, 0.1) is 5.41 Å². The van der Waals surface area contributed by atoms with E-state index in [0.29, 0.717) is 0 Å². The maximum absolute atomic E-state index is 12.1. The SMILES string of the molecule is CC(C)[C@@]1(c2ccccc2)C[C@H](C)OC1=O. The number of hydrogen-bond acceptors (Lipinski definition) is 2. The van der Waals surface area contributed by atoms with E-state index in [4.69, 9.17) is 4.74 Å². The first kappa shape index (κ1) is 11.2. The lowest BCUT2D eigenvalue weighted by atomic mass is 9.70. The quantitative estimate of drug-likeness (QED) is 0.713. The molecule has 0 aromatic heterocycles. The van der Waals surface area contributed by atoms with Crippen LogP contribution < -0.4 is 0 Å². The summed E-state index contributed by atoms with van der Waals surface area (Å²) < 4.78 is 5.35. The molecule has 0 spiro atoms. The molecule has 0 aliphatic carbocycles. The topological polar surface area (TPSA) is 26.3 Å². The lowest BCUT2D eigenvalue weighted by Crippen LogP contribution is -2.37. The predicted molar refractivity (Wildman–Crippen MR) is 63.1 cm³/mol. The van der Waals surface area contributed by atoms with E-state index in [1.54, 1.807) is 0 Å². The molecule has 16 heavy (non-hydrogen) atoms. The Kier molecular flexibility index (Phi) is 2.75. The minimum Gasteiger partial charge on any atom is -0.462 e. The number of rotatable bonds is 2. The molecule has 0 amide bonds. The highest BCUT2D eigenvalue weighted by Gasteiger charge is 2.51. The molecule has 0 radical (unpaired) electrons. The minimum atomic E-state index is -0.444. The Morgan fingerprint density at radius 3 is 2.38 bits per heavy atom. The highest BCUT2D eigenvalue weighted by Crippen LogP contribution is 2.43. The third-order valence-electron chi connectivity index (χ3n) is 3.56. The van der Waals surface area contributed by atoms with E-state index in [2.05, 4.69) is 13.8 Å². The fourth-order valence-corrected chi connectivity index (χ4v) is 2.64. The van der Waals surface area contributed by atoms with Crippen molar-refractivity contribution in [3.63, 3.8) is 0 Å². The van der Waals surface area contributed by atoms with Gasteiger partial charge < -0.3 is 4.74 Å². The number of carbonyl (C=O) groups excluding carboxylic acids is 1. The average molecular weight is 218 g/mol. The molecule has 2 atom stereocenters. The minimum absolute atomic E-state index is 0.0232. The van der Waals surface area contributed by atoms with E-state index in [1.807, 2.05) is 37.3 Å². The van der Waals surface area contributed by atoms with Crippen molar-refractivity contribution in [2.24, 2.45) is 5.92 Å². The summed E-state index contributed by atoms with van der Waals surface area (Å²) in [6, 6.07) is 9.99. The first-order valence-electron chi connectivity index (χ1n) is 5.84. The number of benzene rings is 1. The number of esters is 1. The Labute approximate surface area is 96.6 Å². The maximum Gasteiger partial charge on any atom is 0.317 e. The van der Waals surface area contributed by atoms with Gasteiger partial charge in [-0.3, -0.25) is 4.79 Å². The molecular weight excluding hydrogens is 200 g/mol. The molecule has 1 aliphatic rings. The van der Waals surface area contributed by atoms with Crippen LogP contribution in [-0.4, -0.2) is 12.1 Å². The zero-order valence-corrected chi connectivity index (χ0v) is 10.1. The van der Waals surface area contributed by atoms with Crippen molar-refractivity contribution in [3.05, 3.63) is 35.9 Å². The molecule has 0 N–H and O–H groups in total. The average Bonchev–Trinajstić information content (AvgIpc) is 2.56. The predicted octanol–water partition coefficient (Wildman–Crippen LogP) is 2.92. The first-order valence-corrected chi connectivity index (χ1v) is 5.84. The Bertz CT molecular complexity index is 383. The van der Waals surface area contributed by atoms with Gasteiger partial charge in [-0.1, -0.05) is 44.2 Å². The standard InChI is InChI=1S/C14H18O2/c1-10(2)14(9-11(3)16-13(14)15)12-7-5-4-6-8-12/h4-8,10-11H,9H2,1-3H3/t11-,14+/m0/s1. The zero-order chi connectivity index (χ0) is 11.8. The summed E-state index contributed by atoms with van der Waals surface area (Å²) in [4.78, 5) is 12.1. The van der Waals surface area contributed by atoms with Crippen LogP contribution in [0.5, 0.6) is 0 Å². The van der Waals surface area contributed by atoms with Crippen LogP contribution in [0.15, 0.2) is 30.3 Å². The van der Waals surface area contributed by atoms with Crippen molar-refractivity contribution in [2.45, 2.75) is 38.7 Å². The van der Waals surface area contributed by atoms with Crippen molar-refractivity contribution in [1.29, 1.82) is 0 Å². The van der Waals surface area contributed by atoms with E-state index in [0.717, 1.165) is 12.0 Å². The van der Waals surface area contributed by atoms with Crippen molar-refractivity contribution in [1.82, 2.24) is 0 Å². The molecule has 0 saturated carbocycles. The molecule has 1 aromatic carbocycles. The highest BCUT2D eigenvalue weighted by atomic mass is 16.6. The lowest BCUT2D eigenvalue weighted by molar-refractivity contribution is -0.146. The fourth-order valence-electron chi connectivity index (χ4n) is 2.64. The van der Waals surface area contributed by atoms with Crippen LogP contribution in [0.25, 0.3) is 0 Å². The molecule has 1 aliphatic heterocycles. The van der Waals surface area contributed by atoms with Gasteiger partial charge in [0.25, 0.3) is 0 Å². The molecule has 1 heterocycles. The summed E-state index contributed by atoms with van der Waals surface area (Å²) in [6.07, 6.45) is 0.808. The summed E-state index contributed by atoms with van der Waals surface area (Å²) in [5.41, 5.74) is 0.639. The van der Waals surface area contributed by atoms with Crippen molar-refractivity contribution in [2.75, 3.05) is 0 Å². The van der Waals surface area contributed by atoms with Crippen LogP contribution in [0.2, 0.25) is 0 Å². The van der Waals surface area contributed by atoms with Crippen LogP contribution >= 0.6 is 0 Å².